The lowest BCUT2D eigenvalue weighted by molar-refractivity contribution is -0.147. The molecule has 8 heteroatoms. The van der Waals surface area contributed by atoms with Crippen LogP contribution in [0.5, 0.6) is 0 Å². The van der Waals surface area contributed by atoms with E-state index in [1.54, 1.807) is 12.1 Å². The SMILES string of the molecule is O=C(COC(=O)C[C@H]1C=CCC1)Nc1cccc(S(=O)(=O)N2CCCC2)c1. The average Bonchev–Trinajstić information content (AvgIpc) is 3.34. The first kappa shape index (κ1) is 19.6. The Kier molecular flexibility index (Phi) is 6.28. The van der Waals surface area contributed by atoms with E-state index in [0.29, 0.717) is 18.8 Å². The molecule has 1 aromatic carbocycles. The van der Waals surface area contributed by atoms with Gasteiger partial charge in [0.1, 0.15) is 0 Å². The molecule has 3 rings (SSSR count). The molecule has 0 radical (unpaired) electrons. The molecule has 1 amide bonds. The number of amides is 1. The van der Waals surface area contributed by atoms with E-state index in [0.717, 1.165) is 25.7 Å². The molecule has 1 fully saturated rings. The predicted octanol–water partition coefficient (Wildman–Crippen LogP) is 2.31. The summed E-state index contributed by atoms with van der Waals surface area (Å²) in [6, 6.07) is 6.12. The minimum absolute atomic E-state index is 0.146. The van der Waals surface area contributed by atoms with Crippen molar-refractivity contribution in [3.05, 3.63) is 36.4 Å². The molecule has 0 aromatic heterocycles. The first-order valence-corrected chi connectivity index (χ1v) is 10.6. The number of hydrogen-bond acceptors (Lipinski definition) is 5. The third-order valence-electron chi connectivity index (χ3n) is 4.73. The third-order valence-corrected chi connectivity index (χ3v) is 6.62. The van der Waals surface area contributed by atoms with E-state index in [4.69, 9.17) is 4.74 Å². The van der Waals surface area contributed by atoms with Gasteiger partial charge in [-0.1, -0.05) is 18.2 Å². The van der Waals surface area contributed by atoms with E-state index in [2.05, 4.69) is 5.32 Å². The molecule has 27 heavy (non-hydrogen) atoms. The van der Waals surface area contributed by atoms with Crippen molar-refractivity contribution in [2.24, 2.45) is 5.92 Å². The highest BCUT2D eigenvalue weighted by molar-refractivity contribution is 7.89. The van der Waals surface area contributed by atoms with Gasteiger partial charge in [0.15, 0.2) is 6.61 Å². The van der Waals surface area contributed by atoms with Gasteiger partial charge >= 0.3 is 5.97 Å². The van der Waals surface area contributed by atoms with Crippen LogP contribution < -0.4 is 5.32 Å². The van der Waals surface area contributed by atoms with Crippen LogP contribution in [0.15, 0.2) is 41.3 Å². The molecule has 2 aliphatic rings. The van der Waals surface area contributed by atoms with E-state index in [9.17, 15) is 18.0 Å². The summed E-state index contributed by atoms with van der Waals surface area (Å²) < 4.78 is 31.6. The standard InChI is InChI=1S/C19H24N2O5S/c22-18(14-26-19(23)12-15-6-1-2-7-15)20-16-8-5-9-17(13-16)27(24,25)21-10-3-4-11-21/h1,5-6,8-9,13,15H,2-4,7,10-12,14H2,(H,20,22)/t15-/m0/s1. The monoisotopic (exact) mass is 392 g/mol. The molecule has 1 aliphatic carbocycles. The van der Waals surface area contributed by atoms with Crippen molar-refractivity contribution in [2.75, 3.05) is 25.0 Å². The third kappa shape index (κ3) is 5.17. The summed E-state index contributed by atoms with van der Waals surface area (Å²) in [6.45, 7) is 0.647. The molecule has 0 unspecified atom stereocenters. The van der Waals surface area contributed by atoms with E-state index in [1.165, 1.54) is 16.4 Å². The molecule has 146 valence electrons. The minimum Gasteiger partial charge on any atom is -0.456 e. The fourth-order valence-electron chi connectivity index (χ4n) is 3.29. The number of esters is 1. The lowest BCUT2D eigenvalue weighted by Crippen LogP contribution is -2.28. The van der Waals surface area contributed by atoms with Crippen molar-refractivity contribution in [1.82, 2.24) is 4.31 Å². The van der Waals surface area contributed by atoms with Crippen LogP contribution in [0.25, 0.3) is 0 Å². The molecule has 0 spiro atoms. The second-order valence-electron chi connectivity index (χ2n) is 6.82. The molecule has 1 atom stereocenters. The number of carbonyl (C=O) groups excluding carboxylic acids is 2. The Bertz CT molecular complexity index is 828. The van der Waals surface area contributed by atoms with Gasteiger partial charge in [0.25, 0.3) is 5.91 Å². The molecule has 0 saturated carbocycles. The summed E-state index contributed by atoms with van der Waals surface area (Å²) in [5.74, 6) is -0.721. The van der Waals surface area contributed by atoms with Gasteiger partial charge in [-0.15, -0.1) is 0 Å². The Morgan fingerprint density at radius 1 is 1.22 bits per heavy atom. The zero-order valence-corrected chi connectivity index (χ0v) is 15.9. The number of carbonyl (C=O) groups is 2. The number of ether oxygens (including phenoxy) is 1. The van der Waals surface area contributed by atoms with E-state index in [-0.39, 0.29) is 17.2 Å². The minimum atomic E-state index is -3.55. The zero-order valence-electron chi connectivity index (χ0n) is 15.1. The molecule has 1 aromatic rings. The second kappa shape index (κ2) is 8.67. The van der Waals surface area contributed by atoms with Gasteiger partial charge in [0.2, 0.25) is 10.0 Å². The molecule has 1 saturated heterocycles. The Morgan fingerprint density at radius 2 is 2.00 bits per heavy atom. The highest BCUT2D eigenvalue weighted by Gasteiger charge is 2.27. The normalized spacial score (nSPS) is 19.9. The first-order valence-electron chi connectivity index (χ1n) is 9.17. The number of allylic oxidation sites excluding steroid dienone is 2. The fraction of sp³-hybridized carbons (Fsp3) is 0.474. The molecular weight excluding hydrogens is 368 g/mol. The predicted molar refractivity (Wildman–Crippen MR) is 101 cm³/mol. The zero-order chi connectivity index (χ0) is 19.3. The van der Waals surface area contributed by atoms with Gasteiger partial charge in [0.05, 0.1) is 11.3 Å². The molecular formula is C19H24N2O5S. The maximum Gasteiger partial charge on any atom is 0.306 e. The van der Waals surface area contributed by atoms with Gasteiger partial charge in [0, 0.05) is 18.8 Å². The van der Waals surface area contributed by atoms with E-state index >= 15 is 0 Å². The Balaban J connectivity index is 1.53. The second-order valence-corrected chi connectivity index (χ2v) is 8.76. The fourth-order valence-corrected chi connectivity index (χ4v) is 4.86. The number of anilines is 1. The van der Waals surface area contributed by atoms with Crippen LogP contribution in [0.1, 0.15) is 32.1 Å². The number of hydrogen-bond donors (Lipinski definition) is 1. The number of sulfonamides is 1. The first-order chi connectivity index (χ1) is 12.9. The van der Waals surface area contributed by atoms with Crippen LogP contribution in [0.2, 0.25) is 0 Å². The molecule has 1 N–H and O–H groups in total. The number of rotatable bonds is 7. The van der Waals surface area contributed by atoms with Gasteiger partial charge in [-0.05, 0) is 49.8 Å². The Hall–Kier alpha value is -2.19. The average molecular weight is 392 g/mol. The summed E-state index contributed by atoms with van der Waals surface area (Å²) in [5, 5.41) is 2.58. The summed E-state index contributed by atoms with van der Waals surface area (Å²) in [5.41, 5.74) is 0.357. The number of nitrogens with zero attached hydrogens (tertiary/aromatic N) is 1. The number of nitrogens with one attached hydrogen (secondary N) is 1. The summed E-state index contributed by atoms with van der Waals surface area (Å²) in [4.78, 5) is 23.9. The van der Waals surface area contributed by atoms with E-state index < -0.39 is 28.5 Å². The quantitative estimate of drug-likeness (QED) is 0.568. The van der Waals surface area contributed by atoms with Crippen molar-refractivity contribution in [2.45, 2.75) is 37.0 Å². The lowest BCUT2D eigenvalue weighted by atomic mass is 10.1. The van der Waals surface area contributed by atoms with E-state index in [1.807, 2.05) is 12.2 Å². The van der Waals surface area contributed by atoms with Crippen molar-refractivity contribution in [3.8, 4) is 0 Å². The highest BCUT2D eigenvalue weighted by Crippen LogP contribution is 2.23. The number of benzene rings is 1. The molecule has 0 bridgehead atoms. The van der Waals surface area contributed by atoms with Crippen molar-refractivity contribution < 1.29 is 22.7 Å². The summed E-state index contributed by atoms with van der Waals surface area (Å²) in [6.07, 6.45) is 7.92. The van der Waals surface area contributed by atoms with Gasteiger partial charge in [-0.2, -0.15) is 4.31 Å². The maximum atomic E-state index is 12.6. The molecule has 7 nitrogen and oxygen atoms in total. The lowest BCUT2D eigenvalue weighted by Gasteiger charge is -2.16. The Labute approximate surface area is 159 Å². The van der Waals surface area contributed by atoms with Crippen molar-refractivity contribution in [1.29, 1.82) is 0 Å². The molecule has 1 aliphatic heterocycles. The topological polar surface area (TPSA) is 92.8 Å². The van der Waals surface area contributed by atoms with Gasteiger partial charge in [-0.3, -0.25) is 9.59 Å². The van der Waals surface area contributed by atoms with Crippen molar-refractivity contribution >= 4 is 27.6 Å². The van der Waals surface area contributed by atoms with Crippen LogP contribution in [0.3, 0.4) is 0 Å². The largest absolute Gasteiger partial charge is 0.456 e. The smallest absolute Gasteiger partial charge is 0.306 e. The summed E-state index contributed by atoms with van der Waals surface area (Å²) >= 11 is 0. The summed E-state index contributed by atoms with van der Waals surface area (Å²) in [7, 11) is -3.55. The van der Waals surface area contributed by atoms with Gasteiger partial charge < -0.3 is 10.1 Å². The van der Waals surface area contributed by atoms with Crippen LogP contribution in [-0.4, -0.2) is 44.3 Å². The van der Waals surface area contributed by atoms with Gasteiger partial charge in [-0.25, -0.2) is 8.42 Å². The molecule has 1 heterocycles. The van der Waals surface area contributed by atoms with Crippen LogP contribution >= 0.6 is 0 Å². The van der Waals surface area contributed by atoms with Crippen LogP contribution in [0, 0.1) is 5.92 Å². The van der Waals surface area contributed by atoms with Crippen molar-refractivity contribution in [3.63, 3.8) is 0 Å². The maximum absolute atomic E-state index is 12.6. The van der Waals surface area contributed by atoms with Crippen LogP contribution in [-0.2, 0) is 24.3 Å². The van der Waals surface area contributed by atoms with Crippen LogP contribution in [0.4, 0.5) is 5.69 Å². The Morgan fingerprint density at radius 3 is 2.70 bits per heavy atom. The highest BCUT2D eigenvalue weighted by atomic mass is 32.2.